The van der Waals surface area contributed by atoms with Crippen molar-refractivity contribution in [1.29, 1.82) is 0 Å². The van der Waals surface area contributed by atoms with E-state index in [1.807, 2.05) is 0 Å². The van der Waals surface area contributed by atoms with E-state index in [1.165, 1.54) is 31.2 Å². The first kappa shape index (κ1) is 17.1. The van der Waals surface area contributed by atoms with Crippen LogP contribution in [0.2, 0.25) is 0 Å². The fourth-order valence-corrected chi connectivity index (χ4v) is 1.85. The Morgan fingerprint density at radius 2 is 1.67 bits per heavy atom. The summed E-state index contributed by atoms with van der Waals surface area (Å²) in [5, 5.41) is 7.48. The van der Waals surface area contributed by atoms with Gasteiger partial charge in [0.25, 0.3) is 5.91 Å². The van der Waals surface area contributed by atoms with Crippen molar-refractivity contribution in [2.75, 3.05) is 5.32 Å². The van der Waals surface area contributed by atoms with Gasteiger partial charge in [-0.15, -0.1) is 0 Å². The number of primary sulfonamides is 1. The number of sulfonamides is 1. The molecule has 0 saturated heterocycles. The van der Waals surface area contributed by atoms with Gasteiger partial charge in [0.2, 0.25) is 10.0 Å². The highest BCUT2D eigenvalue weighted by molar-refractivity contribution is 7.89. The summed E-state index contributed by atoms with van der Waals surface area (Å²) in [5.74, 6) is -1.30. The van der Waals surface area contributed by atoms with Crippen LogP contribution < -0.4 is 10.5 Å². The number of hydrogen-bond acceptors (Lipinski definition) is 5. The minimum atomic E-state index is -3.77. The van der Waals surface area contributed by atoms with Crippen molar-refractivity contribution in [2.45, 2.75) is 31.8 Å². The molecule has 0 spiro atoms. The first-order valence-corrected chi connectivity index (χ1v) is 7.80. The van der Waals surface area contributed by atoms with E-state index in [4.69, 9.17) is 9.88 Å². The lowest BCUT2D eigenvalue weighted by Crippen LogP contribution is -2.31. The van der Waals surface area contributed by atoms with Crippen molar-refractivity contribution in [1.82, 2.24) is 0 Å². The fraction of sp³-hybridized carbons (Fsp3) is 0.385. The molecule has 1 amide bonds. The second kappa shape index (κ2) is 6.68. The van der Waals surface area contributed by atoms with Crippen molar-refractivity contribution in [3.8, 4) is 0 Å². The number of amides is 1. The second-order valence-electron chi connectivity index (χ2n) is 4.79. The van der Waals surface area contributed by atoms with Crippen LogP contribution in [-0.2, 0) is 24.3 Å². The van der Waals surface area contributed by atoms with Gasteiger partial charge in [0.05, 0.1) is 10.8 Å². The van der Waals surface area contributed by atoms with Gasteiger partial charge in [-0.25, -0.2) is 13.6 Å². The van der Waals surface area contributed by atoms with Crippen molar-refractivity contribution < 1.29 is 22.7 Å². The van der Waals surface area contributed by atoms with Gasteiger partial charge in [-0.2, -0.15) is 0 Å². The number of ether oxygens (including phenoxy) is 1. The van der Waals surface area contributed by atoms with Crippen LogP contribution in [0.25, 0.3) is 0 Å². The summed E-state index contributed by atoms with van der Waals surface area (Å²) in [6.07, 6.45) is -0.946. The molecule has 8 heteroatoms. The first-order chi connectivity index (χ1) is 9.61. The number of rotatable bonds is 5. The third-order valence-corrected chi connectivity index (χ3v) is 3.51. The number of nitrogens with two attached hydrogens (primary N) is 1. The van der Waals surface area contributed by atoms with Crippen LogP contribution in [0.1, 0.15) is 20.8 Å². The van der Waals surface area contributed by atoms with Crippen LogP contribution in [0.4, 0.5) is 5.69 Å². The average molecular weight is 314 g/mol. The third kappa shape index (κ3) is 5.16. The Hall–Kier alpha value is -1.93. The molecular weight excluding hydrogens is 296 g/mol. The Morgan fingerprint density at radius 3 is 2.10 bits per heavy atom. The summed E-state index contributed by atoms with van der Waals surface area (Å²) in [4.78, 5) is 23.1. The van der Waals surface area contributed by atoms with Crippen LogP contribution in [0, 0.1) is 5.92 Å². The predicted octanol–water partition coefficient (Wildman–Crippen LogP) is 0.860. The second-order valence-corrected chi connectivity index (χ2v) is 6.35. The van der Waals surface area contributed by atoms with Gasteiger partial charge >= 0.3 is 5.97 Å². The lowest BCUT2D eigenvalue weighted by atomic mass is 10.2. The van der Waals surface area contributed by atoms with Gasteiger partial charge < -0.3 is 10.1 Å². The number of benzene rings is 1. The molecular formula is C13H18N2O5S. The molecule has 0 radical (unpaired) electrons. The summed E-state index contributed by atoms with van der Waals surface area (Å²) >= 11 is 0. The summed E-state index contributed by atoms with van der Waals surface area (Å²) in [5.41, 5.74) is 0.375. The summed E-state index contributed by atoms with van der Waals surface area (Å²) < 4.78 is 27.1. The monoisotopic (exact) mass is 314 g/mol. The highest BCUT2D eigenvalue weighted by atomic mass is 32.2. The Kier molecular flexibility index (Phi) is 5.45. The zero-order valence-electron chi connectivity index (χ0n) is 12.0. The van der Waals surface area contributed by atoms with Gasteiger partial charge in [-0.1, -0.05) is 13.8 Å². The van der Waals surface area contributed by atoms with E-state index in [9.17, 15) is 18.0 Å². The standard InChI is InChI=1S/C13H18N2O5S/c1-8(2)13(17)20-9(3)12(16)15-10-4-6-11(7-5-10)21(14,18)19/h4-9H,1-3H3,(H,15,16)(H2,14,18,19)/t9-/m1/s1. The first-order valence-electron chi connectivity index (χ1n) is 6.25. The van der Waals surface area contributed by atoms with E-state index < -0.39 is 28.0 Å². The summed E-state index contributed by atoms with van der Waals surface area (Å²) in [7, 11) is -3.77. The molecule has 0 unspecified atom stereocenters. The number of nitrogens with one attached hydrogen (secondary N) is 1. The van der Waals surface area contributed by atoms with E-state index in [0.29, 0.717) is 5.69 Å². The van der Waals surface area contributed by atoms with Crippen LogP contribution in [0.3, 0.4) is 0 Å². The highest BCUT2D eigenvalue weighted by Crippen LogP contribution is 2.13. The molecule has 0 aliphatic heterocycles. The molecule has 3 N–H and O–H groups in total. The van der Waals surface area contributed by atoms with E-state index >= 15 is 0 Å². The van der Waals surface area contributed by atoms with Crippen molar-refractivity contribution >= 4 is 27.6 Å². The van der Waals surface area contributed by atoms with Gasteiger partial charge in [0.1, 0.15) is 0 Å². The molecule has 0 heterocycles. The zero-order chi connectivity index (χ0) is 16.2. The minimum Gasteiger partial charge on any atom is -0.452 e. The number of carbonyl (C=O) groups excluding carboxylic acids is 2. The molecule has 0 aromatic heterocycles. The molecule has 0 fully saturated rings. The van der Waals surface area contributed by atoms with Gasteiger partial charge in [-0.3, -0.25) is 9.59 Å². The van der Waals surface area contributed by atoms with Crippen LogP contribution in [0.5, 0.6) is 0 Å². The van der Waals surface area contributed by atoms with Gasteiger partial charge in [0.15, 0.2) is 6.10 Å². The van der Waals surface area contributed by atoms with Crippen LogP contribution in [-0.4, -0.2) is 26.4 Å². The third-order valence-electron chi connectivity index (χ3n) is 2.58. The highest BCUT2D eigenvalue weighted by Gasteiger charge is 2.19. The van der Waals surface area contributed by atoms with Crippen molar-refractivity contribution in [2.24, 2.45) is 11.1 Å². The van der Waals surface area contributed by atoms with E-state index in [-0.39, 0.29) is 10.8 Å². The Labute approximate surface area is 123 Å². The molecule has 0 aliphatic carbocycles. The topological polar surface area (TPSA) is 116 Å². The summed E-state index contributed by atoms with van der Waals surface area (Å²) in [6.45, 7) is 4.78. The molecule has 0 bridgehead atoms. The number of esters is 1. The quantitative estimate of drug-likeness (QED) is 0.782. The fourth-order valence-electron chi connectivity index (χ4n) is 1.34. The molecule has 21 heavy (non-hydrogen) atoms. The number of anilines is 1. The summed E-state index contributed by atoms with van der Waals surface area (Å²) in [6, 6.07) is 5.34. The van der Waals surface area contributed by atoms with E-state index in [0.717, 1.165) is 0 Å². The SMILES string of the molecule is CC(C)C(=O)O[C@H](C)C(=O)Nc1ccc(S(N)(=O)=O)cc1. The Morgan fingerprint density at radius 1 is 1.14 bits per heavy atom. The zero-order valence-corrected chi connectivity index (χ0v) is 12.8. The number of carbonyl (C=O) groups is 2. The van der Waals surface area contributed by atoms with E-state index in [2.05, 4.69) is 5.32 Å². The maximum atomic E-state index is 11.8. The molecule has 116 valence electrons. The normalized spacial score (nSPS) is 12.8. The lowest BCUT2D eigenvalue weighted by Gasteiger charge is -2.15. The lowest BCUT2D eigenvalue weighted by molar-refractivity contribution is -0.156. The molecule has 0 aliphatic rings. The largest absolute Gasteiger partial charge is 0.452 e. The molecule has 1 rings (SSSR count). The maximum absolute atomic E-state index is 11.8. The van der Waals surface area contributed by atoms with Crippen molar-refractivity contribution in [3.05, 3.63) is 24.3 Å². The Balaban J connectivity index is 2.69. The van der Waals surface area contributed by atoms with Gasteiger partial charge in [0, 0.05) is 5.69 Å². The average Bonchev–Trinajstić information content (AvgIpc) is 2.37. The van der Waals surface area contributed by atoms with Gasteiger partial charge in [-0.05, 0) is 31.2 Å². The molecule has 1 aromatic rings. The smallest absolute Gasteiger partial charge is 0.309 e. The Bertz CT molecular complexity index is 622. The van der Waals surface area contributed by atoms with Crippen molar-refractivity contribution in [3.63, 3.8) is 0 Å². The van der Waals surface area contributed by atoms with E-state index in [1.54, 1.807) is 13.8 Å². The maximum Gasteiger partial charge on any atom is 0.309 e. The predicted molar refractivity (Wildman–Crippen MR) is 76.8 cm³/mol. The van der Waals surface area contributed by atoms with Crippen LogP contribution in [0.15, 0.2) is 29.2 Å². The molecule has 1 atom stereocenters. The van der Waals surface area contributed by atoms with Crippen LogP contribution >= 0.6 is 0 Å². The molecule has 1 aromatic carbocycles. The minimum absolute atomic E-state index is 0.0558. The molecule has 7 nitrogen and oxygen atoms in total. The number of hydrogen-bond donors (Lipinski definition) is 2. The molecule has 0 saturated carbocycles.